The fourth-order valence-electron chi connectivity index (χ4n) is 2.53. The minimum atomic E-state index is -0.548. The summed E-state index contributed by atoms with van der Waals surface area (Å²) in [4.78, 5) is 24.4. The predicted octanol–water partition coefficient (Wildman–Crippen LogP) is 4.16. The summed E-state index contributed by atoms with van der Waals surface area (Å²) in [5, 5.41) is 12.0. The van der Waals surface area contributed by atoms with E-state index in [-0.39, 0.29) is 18.0 Å². The first-order valence-corrected chi connectivity index (χ1v) is 10.0. The van der Waals surface area contributed by atoms with Crippen molar-refractivity contribution in [3.63, 3.8) is 0 Å². The van der Waals surface area contributed by atoms with Gasteiger partial charge in [0.05, 0.1) is 27.7 Å². The van der Waals surface area contributed by atoms with Crippen LogP contribution in [0.25, 0.3) is 0 Å². The van der Waals surface area contributed by atoms with Crippen molar-refractivity contribution in [2.75, 3.05) is 11.9 Å². The van der Waals surface area contributed by atoms with Gasteiger partial charge in [0.1, 0.15) is 5.69 Å². The van der Waals surface area contributed by atoms with Gasteiger partial charge in [-0.25, -0.2) is 4.79 Å². The summed E-state index contributed by atoms with van der Waals surface area (Å²) in [5.74, 6) is -0.733. The van der Waals surface area contributed by atoms with Crippen LogP contribution < -0.4 is 5.32 Å². The number of nitrogens with zero attached hydrogens (tertiary/aromatic N) is 4. The highest BCUT2D eigenvalue weighted by molar-refractivity contribution is 9.10. The molecule has 152 valence electrons. The molecule has 29 heavy (non-hydrogen) atoms. The van der Waals surface area contributed by atoms with E-state index in [9.17, 15) is 9.59 Å². The molecule has 1 amide bonds. The highest BCUT2D eigenvalue weighted by atomic mass is 79.9. The Hall–Kier alpha value is -2.36. The number of carbonyl (C=O) groups excluding carboxylic acids is 2. The van der Waals surface area contributed by atoms with Crippen molar-refractivity contribution in [3.05, 3.63) is 61.9 Å². The Balaban J connectivity index is 1.73. The zero-order chi connectivity index (χ0) is 21.1. The Morgan fingerprint density at radius 3 is 2.66 bits per heavy atom. The number of amides is 1. The second kappa shape index (κ2) is 8.98. The first kappa shape index (κ1) is 21.4. The van der Waals surface area contributed by atoms with Gasteiger partial charge in [-0.3, -0.25) is 14.2 Å². The number of anilines is 1. The van der Waals surface area contributed by atoms with Crippen molar-refractivity contribution in [3.8, 4) is 0 Å². The van der Waals surface area contributed by atoms with Crippen LogP contribution in [0.5, 0.6) is 0 Å². The molecule has 0 saturated heterocycles. The predicted molar refractivity (Wildman–Crippen MR) is 113 cm³/mol. The van der Waals surface area contributed by atoms with Crippen LogP contribution in [0, 0.1) is 0 Å². The Morgan fingerprint density at radius 1 is 1.21 bits per heavy atom. The zero-order valence-electron chi connectivity index (χ0n) is 15.4. The number of halogens is 3. The third kappa shape index (κ3) is 4.98. The van der Waals surface area contributed by atoms with Gasteiger partial charge in [0, 0.05) is 19.3 Å². The fraction of sp³-hybridized carbons (Fsp3) is 0.222. The summed E-state index contributed by atoms with van der Waals surface area (Å²) in [7, 11) is 1.56. The van der Waals surface area contributed by atoms with Crippen LogP contribution in [0.4, 0.5) is 5.82 Å². The van der Waals surface area contributed by atoms with Crippen molar-refractivity contribution in [2.24, 2.45) is 7.05 Å². The normalized spacial score (nSPS) is 10.8. The zero-order valence-corrected chi connectivity index (χ0v) is 18.5. The molecular formula is C18H16BrCl2N5O3. The summed E-state index contributed by atoms with van der Waals surface area (Å²) >= 11 is 15.3. The van der Waals surface area contributed by atoms with Gasteiger partial charge in [0.25, 0.3) is 5.91 Å². The maximum absolute atomic E-state index is 12.5. The average Bonchev–Trinajstić information content (AvgIpc) is 3.21. The van der Waals surface area contributed by atoms with Crippen LogP contribution in [0.2, 0.25) is 10.0 Å². The summed E-state index contributed by atoms with van der Waals surface area (Å²) in [6.45, 7) is 2.37. The first-order valence-electron chi connectivity index (χ1n) is 8.48. The maximum atomic E-state index is 12.5. The van der Waals surface area contributed by atoms with Crippen LogP contribution in [0.3, 0.4) is 0 Å². The van der Waals surface area contributed by atoms with Gasteiger partial charge < -0.3 is 10.1 Å². The molecule has 0 unspecified atom stereocenters. The summed E-state index contributed by atoms with van der Waals surface area (Å²) in [6, 6.07) is 6.67. The Morgan fingerprint density at radius 2 is 1.97 bits per heavy atom. The number of ether oxygens (including phenoxy) is 1. The van der Waals surface area contributed by atoms with Gasteiger partial charge in [0.2, 0.25) is 0 Å². The highest BCUT2D eigenvalue weighted by Gasteiger charge is 2.20. The van der Waals surface area contributed by atoms with E-state index in [1.807, 2.05) is 6.07 Å². The number of aryl methyl sites for hydroxylation is 1. The lowest BCUT2D eigenvalue weighted by Crippen LogP contribution is -2.14. The lowest BCUT2D eigenvalue weighted by atomic mass is 10.2. The monoisotopic (exact) mass is 499 g/mol. The van der Waals surface area contributed by atoms with Crippen molar-refractivity contribution in [1.29, 1.82) is 0 Å². The third-order valence-corrected chi connectivity index (χ3v) is 5.19. The Kier molecular flexibility index (Phi) is 6.61. The topological polar surface area (TPSA) is 91.0 Å². The molecule has 0 radical (unpaired) electrons. The molecule has 0 spiro atoms. The molecule has 0 saturated carbocycles. The molecule has 0 atom stereocenters. The molecule has 2 heterocycles. The number of carbonyl (C=O) groups is 2. The smallest absolute Gasteiger partial charge is 0.356 e. The number of benzene rings is 1. The molecule has 8 nitrogen and oxygen atoms in total. The fourth-order valence-corrected chi connectivity index (χ4v) is 3.27. The summed E-state index contributed by atoms with van der Waals surface area (Å²) in [6.07, 6.45) is 1.72. The van der Waals surface area contributed by atoms with E-state index < -0.39 is 11.9 Å². The summed E-state index contributed by atoms with van der Waals surface area (Å²) in [5.41, 5.74) is 1.15. The lowest BCUT2D eigenvalue weighted by molar-refractivity contribution is 0.0513. The van der Waals surface area contributed by atoms with Gasteiger partial charge in [-0.15, -0.1) is 0 Å². The Labute approximate surface area is 184 Å². The molecule has 0 fully saturated rings. The van der Waals surface area contributed by atoms with Crippen LogP contribution >= 0.6 is 39.1 Å². The van der Waals surface area contributed by atoms with Gasteiger partial charge in [-0.1, -0.05) is 29.3 Å². The summed E-state index contributed by atoms with van der Waals surface area (Å²) < 4.78 is 8.47. The van der Waals surface area contributed by atoms with Crippen LogP contribution in [-0.4, -0.2) is 38.0 Å². The molecular weight excluding hydrogens is 485 g/mol. The van der Waals surface area contributed by atoms with Crippen molar-refractivity contribution < 1.29 is 14.3 Å². The molecule has 3 rings (SSSR count). The molecule has 0 bridgehead atoms. The van der Waals surface area contributed by atoms with E-state index in [1.165, 1.54) is 10.7 Å². The molecule has 0 aliphatic heterocycles. The molecule has 2 aromatic heterocycles. The molecule has 0 aliphatic rings. The minimum Gasteiger partial charge on any atom is -0.461 e. The number of esters is 1. The highest BCUT2D eigenvalue weighted by Crippen LogP contribution is 2.25. The first-order chi connectivity index (χ1) is 13.8. The van der Waals surface area contributed by atoms with Crippen LogP contribution in [0.15, 0.2) is 34.9 Å². The molecule has 0 aliphatic carbocycles. The van der Waals surface area contributed by atoms with E-state index in [2.05, 4.69) is 31.4 Å². The van der Waals surface area contributed by atoms with Gasteiger partial charge in [0.15, 0.2) is 11.5 Å². The second-order valence-electron chi connectivity index (χ2n) is 5.98. The van der Waals surface area contributed by atoms with Gasteiger partial charge >= 0.3 is 5.97 Å². The molecule has 11 heteroatoms. The number of rotatable bonds is 6. The average molecular weight is 501 g/mol. The second-order valence-corrected chi connectivity index (χ2v) is 7.65. The largest absolute Gasteiger partial charge is 0.461 e. The van der Waals surface area contributed by atoms with E-state index in [4.69, 9.17) is 27.9 Å². The van der Waals surface area contributed by atoms with Crippen LogP contribution in [0.1, 0.15) is 33.5 Å². The van der Waals surface area contributed by atoms with E-state index in [0.717, 1.165) is 5.56 Å². The van der Waals surface area contributed by atoms with Gasteiger partial charge in [-0.2, -0.15) is 10.2 Å². The number of aromatic nitrogens is 4. The van der Waals surface area contributed by atoms with Crippen molar-refractivity contribution in [2.45, 2.75) is 13.5 Å². The quantitative estimate of drug-likeness (QED) is 0.513. The molecule has 1 aromatic carbocycles. The SMILES string of the molecule is CCOC(=O)c1cc(C(=O)Nc2nn(Cc3ccc(Cl)c(Cl)c3)cc2Br)nn1C. The number of hydrogen-bond acceptors (Lipinski definition) is 5. The van der Waals surface area contributed by atoms with Crippen LogP contribution in [-0.2, 0) is 18.3 Å². The van der Waals surface area contributed by atoms with Crippen molar-refractivity contribution in [1.82, 2.24) is 19.6 Å². The van der Waals surface area contributed by atoms with E-state index in [1.54, 1.807) is 37.0 Å². The standard InChI is InChI=1S/C18H16BrCl2N5O3/c1-3-29-18(28)15-7-14(23-25(15)2)17(27)22-16-11(19)9-26(24-16)8-10-4-5-12(20)13(21)6-10/h4-7,9H,3,8H2,1-2H3,(H,22,24,27). The number of nitrogens with one attached hydrogen (secondary N) is 1. The minimum absolute atomic E-state index is 0.0708. The van der Waals surface area contributed by atoms with E-state index >= 15 is 0 Å². The lowest BCUT2D eigenvalue weighted by Gasteiger charge is -2.04. The van der Waals surface area contributed by atoms with E-state index in [0.29, 0.717) is 26.9 Å². The maximum Gasteiger partial charge on any atom is 0.356 e. The molecule has 3 aromatic rings. The third-order valence-electron chi connectivity index (χ3n) is 3.87. The van der Waals surface area contributed by atoms with Gasteiger partial charge in [-0.05, 0) is 40.5 Å². The molecule has 1 N–H and O–H groups in total. The Bertz CT molecular complexity index is 1080. The number of hydrogen-bond donors (Lipinski definition) is 1. The van der Waals surface area contributed by atoms with Crippen molar-refractivity contribution >= 4 is 56.8 Å².